The summed E-state index contributed by atoms with van der Waals surface area (Å²) in [6.07, 6.45) is 21.5. The maximum absolute atomic E-state index is 5.48. The number of ether oxygens (including phenoxy) is 1. The summed E-state index contributed by atoms with van der Waals surface area (Å²) in [5, 5.41) is 0. The van der Waals surface area contributed by atoms with E-state index in [-0.39, 0.29) is 8.65 Å². The summed E-state index contributed by atoms with van der Waals surface area (Å²) in [6.45, 7) is 0. The molecule has 2 aliphatic carbocycles. The third-order valence-corrected chi connectivity index (χ3v) is 5.74. The minimum atomic E-state index is -0.184. The molecule has 0 spiro atoms. The maximum Gasteiger partial charge on any atom is 0.0878 e. The molecule has 0 aromatic rings. The van der Waals surface area contributed by atoms with Crippen LogP contribution in [0.25, 0.3) is 0 Å². The van der Waals surface area contributed by atoms with Crippen LogP contribution in [0.2, 0.25) is 0 Å². The van der Waals surface area contributed by atoms with Crippen molar-refractivity contribution >= 4 is 63.7 Å². The molecule has 0 heterocycles. The SMILES string of the molecule is BrC1=CC=CC(Br)(C=COC=CC2(Br)C=CC=C(Br)C2)C1. The van der Waals surface area contributed by atoms with E-state index in [0.29, 0.717) is 0 Å². The molecule has 2 aliphatic rings. The van der Waals surface area contributed by atoms with Gasteiger partial charge in [0.25, 0.3) is 0 Å². The van der Waals surface area contributed by atoms with Gasteiger partial charge in [-0.15, -0.1) is 0 Å². The molecule has 21 heavy (non-hydrogen) atoms. The summed E-state index contributed by atoms with van der Waals surface area (Å²) in [6, 6.07) is 0. The van der Waals surface area contributed by atoms with Crippen LogP contribution in [0.15, 0.2) is 70.1 Å². The number of halogens is 4. The molecule has 0 saturated carbocycles. The molecule has 0 fully saturated rings. The normalized spacial score (nSPS) is 32.6. The number of hydrogen-bond acceptors (Lipinski definition) is 1. The van der Waals surface area contributed by atoms with E-state index in [1.54, 1.807) is 12.5 Å². The zero-order valence-electron chi connectivity index (χ0n) is 11.1. The van der Waals surface area contributed by atoms with E-state index >= 15 is 0 Å². The Balaban J connectivity index is 1.87. The fraction of sp³-hybridized carbons (Fsp3) is 0.250. The molecule has 0 amide bonds. The summed E-state index contributed by atoms with van der Waals surface area (Å²) in [5.74, 6) is 0. The first-order valence-electron chi connectivity index (χ1n) is 6.37. The van der Waals surface area contributed by atoms with Crippen molar-refractivity contribution in [3.8, 4) is 0 Å². The Morgan fingerprint density at radius 2 is 1.29 bits per heavy atom. The van der Waals surface area contributed by atoms with E-state index in [9.17, 15) is 0 Å². The molecule has 0 aromatic carbocycles. The van der Waals surface area contributed by atoms with Gasteiger partial charge in [0.15, 0.2) is 0 Å². The van der Waals surface area contributed by atoms with Crippen LogP contribution in [0.3, 0.4) is 0 Å². The fourth-order valence-electron chi connectivity index (χ4n) is 1.96. The molecule has 2 rings (SSSR count). The zero-order chi connectivity index (χ0) is 15.3. The van der Waals surface area contributed by atoms with Crippen molar-refractivity contribution in [2.75, 3.05) is 0 Å². The smallest absolute Gasteiger partial charge is 0.0878 e. The first-order chi connectivity index (χ1) is 9.91. The average Bonchev–Trinajstić information content (AvgIpc) is 2.37. The highest BCUT2D eigenvalue weighted by atomic mass is 79.9. The van der Waals surface area contributed by atoms with Gasteiger partial charge in [-0.05, 0) is 21.1 Å². The Morgan fingerprint density at radius 1 is 0.857 bits per heavy atom. The van der Waals surface area contributed by atoms with Gasteiger partial charge in [0, 0.05) is 12.8 Å². The Kier molecular flexibility index (Phi) is 6.36. The summed E-state index contributed by atoms with van der Waals surface area (Å²) in [5.41, 5.74) is 0. The molecule has 0 saturated heterocycles. The second kappa shape index (κ2) is 7.62. The van der Waals surface area contributed by atoms with Gasteiger partial charge >= 0.3 is 0 Å². The van der Waals surface area contributed by atoms with Crippen LogP contribution in [-0.4, -0.2) is 8.65 Å². The highest BCUT2D eigenvalue weighted by Gasteiger charge is 2.24. The lowest BCUT2D eigenvalue weighted by atomic mass is 10.0. The first kappa shape index (κ1) is 17.5. The van der Waals surface area contributed by atoms with Gasteiger partial charge in [-0.25, -0.2) is 0 Å². The van der Waals surface area contributed by atoms with E-state index in [1.165, 1.54) is 0 Å². The highest BCUT2D eigenvalue weighted by molar-refractivity contribution is 9.12. The largest absolute Gasteiger partial charge is 0.473 e. The molecular weight excluding hydrogens is 528 g/mol. The van der Waals surface area contributed by atoms with Crippen LogP contribution in [0.4, 0.5) is 0 Å². The lowest BCUT2D eigenvalue weighted by Gasteiger charge is -2.22. The molecule has 0 radical (unpaired) electrons. The van der Waals surface area contributed by atoms with Crippen molar-refractivity contribution < 1.29 is 4.74 Å². The van der Waals surface area contributed by atoms with Crippen molar-refractivity contribution in [3.05, 3.63) is 70.1 Å². The van der Waals surface area contributed by atoms with Crippen LogP contribution in [-0.2, 0) is 4.74 Å². The van der Waals surface area contributed by atoms with Crippen molar-refractivity contribution in [1.82, 2.24) is 0 Å². The van der Waals surface area contributed by atoms with Crippen LogP contribution >= 0.6 is 63.7 Å². The molecule has 0 aromatic heterocycles. The van der Waals surface area contributed by atoms with Gasteiger partial charge < -0.3 is 4.74 Å². The van der Waals surface area contributed by atoms with E-state index in [4.69, 9.17) is 4.74 Å². The van der Waals surface area contributed by atoms with Crippen molar-refractivity contribution in [2.45, 2.75) is 21.5 Å². The third-order valence-electron chi connectivity index (χ3n) is 3.03. The van der Waals surface area contributed by atoms with E-state index < -0.39 is 0 Å². The quantitative estimate of drug-likeness (QED) is 0.282. The fourth-order valence-corrected chi connectivity index (χ4v) is 5.07. The van der Waals surface area contributed by atoms with Gasteiger partial charge in [-0.3, -0.25) is 0 Å². The summed E-state index contributed by atoms with van der Waals surface area (Å²) < 4.78 is 7.43. The van der Waals surface area contributed by atoms with Crippen molar-refractivity contribution in [2.24, 2.45) is 0 Å². The molecule has 1 nitrogen and oxygen atoms in total. The second-order valence-electron chi connectivity index (χ2n) is 4.89. The van der Waals surface area contributed by atoms with Crippen LogP contribution in [0.5, 0.6) is 0 Å². The Hall–Kier alpha value is 0.160. The van der Waals surface area contributed by atoms with E-state index in [0.717, 1.165) is 21.8 Å². The molecule has 2 atom stereocenters. The maximum atomic E-state index is 5.48. The first-order valence-corrected chi connectivity index (χ1v) is 9.55. The zero-order valence-corrected chi connectivity index (χ0v) is 17.5. The van der Waals surface area contributed by atoms with Gasteiger partial charge in [-0.1, -0.05) is 100 Å². The summed E-state index contributed by atoms with van der Waals surface area (Å²) in [4.78, 5) is 0. The van der Waals surface area contributed by atoms with Gasteiger partial charge in [-0.2, -0.15) is 0 Å². The average molecular weight is 542 g/mol. The molecular formula is C16H14Br4O. The monoisotopic (exact) mass is 538 g/mol. The van der Waals surface area contributed by atoms with Crippen molar-refractivity contribution in [1.29, 1.82) is 0 Å². The van der Waals surface area contributed by atoms with E-state index in [2.05, 4.69) is 75.9 Å². The predicted octanol–water partition coefficient (Wildman–Crippen LogP) is 6.78. The Bertz CT molecular complexity index is 521. The van der Waals surface area contributed by atoms with Crippen molar-refractivity contribution in [3.63, 3.8) is 0 Å². The number of alkyl halides is 2. The molecule has 0 N–H and O–H groups in total. The molecule has 0 aliphatic heterocycles. The lowest BCUT2D eigenvalue weighted by molar-refractivity contribution is 0.397. The van der Waals surface area contributed by atoms with Crippen LogP contribution in [0.1, 0.15) is 12.8 Å². The number of allylic oxidation sites excluding steroid dienone is 10. The third kappa shape index (κ3) is 5.70. The topological polar surface area (TPSA) is 9.23 Å². The standard InChI is InChI=1S/C16H14Br4O/c17-13-3-1-5-15(19,11-13)7-9-21-10-8-16(20)6-2-4-14(18)12-16/h1-10H,11-12H2. The summed E-state index contributed by atoms with van der Waals surface area (Å²) in [7, 11) is 0. The van der Waals surface area contributed by atoms with E-state index in [1.807, 2.05) is 36.5 Å². The molecule has 5 heteroatoms. The molecule has 2 unspecified atom stereocenters. The highest BCUT2D eigenvalue weighted by Crippen LogP contribution is 2.36. The Labute approximate surface area is 159 Å². The Morgan fingerprint density at radius 3 is 1.67 bits per heavy atom. The number of rotatable bonds is 4. The minimum absolute atomic E-state index is 0.184. The van der Waals surface area contributed by atoms with Gasteiger partial charge in [0.1, 0.15) is 0 Å². The molecule has 0 bridgehead atoms. The van der Waals surface area contributed by atoms with Gasteiger partial charge in [0.2, 0.25) is 0 Å². The van der Waals surface area contributed by atoms with Crippen LogP contribution < -0.4 is 0 Å². The lowest BCUT2D eigenvalue weighted by Crippen LogP contribution is -2.16. The second-order valence-corrected chi connectivity index (χ2v) is 9.88. The predicted molar refractivity (Wildman–Crippen MR) is 104 cm³/mol. The van der Waals surface area contributed by atoms with Gasteiger partial charge in [0.05, 0.1) is 21.2 Å². The molecule has 112 valence electrons. The summed E-state index contributed by atoms with van der Waals surface area (Å²) >= 11 is 14.4. The number of hydrogen-bond donors (Lipinski definition) is 0. The van der Waals surface area contributed by atoms with Crippen LogP contribution in [0, 0.1) is 0 Å². The minimum Gasteiger partial charge on any atom is -0.473 e.